The lowest BCUT2D eigenvalue weighted by atomic mass is 9.99. The first-order valence-corrected chi connectivity index (χ1v) is 10.5. The summed E-state index contributed by atoms with van der Waals surface area (Å²) >= 11 is 0. The Labute approximate surface area is 174 Å². The number of nitrogens with zero attached hydrogens (tertiary/aromatic N) is 2. The van der Waals surface area contributed by atoms with Crippen LogP contribution in [0.25, 0.3) is 0 Å². The molecule has 29 heavy (non-hydrogen) atoms. The molecule has 154 valence electrons. The van der Waals surface area contributed by atoms with Gasteiger partial charge in [0.2, 0.25) is 5.91 Å². The molecule has 0 aromatic heterocycles. The predicted octanol–water partition coefficient (Wildman–Crippen LogP) is 4.02. The summed E-state index contributed by atoms with van der Waals surface area (Å²) in [7, 11) is 0. The van der Waals surface area contributed by atoms with E-state index in [0.29, 0.717) is 24.8 Å². The van der Waals surface area contributed by atoms with Crippen LogP contribution in [0.2, 0.25) is 0 Å². The Balaban J connectivity index is 1.46. The number of carbonyl (C=O) groups excluding carboxylic acids is 1. The minimum atomic E-state index is 0.216. The van der Waals surface area contributed by atoms with Crippen LogP contribution < -0.4 is 11.1 Å². The van der Waals surface area contributed by atoms with E-state index in [1.807, 2.05) is 35.2 Å². The SMILES string of the molecule is CCC(C)c1ccc(NC(N)=NCC2CC(=O)N(CCc3ccccc3)C2)cc1. The highest BCUT2D eigenvalue weighted by molar-refractivity contribution is 5.92. The third-order valence-corrected chi connectivity index (χ3v) is 5.69. The first-order chi connectivity index (χ1) is 14.0. The van der Waals surface area contributed by atoms with E-state index in [1.165, 1.54) is 11.1 Å². The number of benzene rings is 2. The molecule has 5 nitrogen and oxygen atoms in total. The molecule has 1 aliphatic rings. The molecule has 2 unspecified atom stereocenters. The highest BCUT2D eigenvalue weighted by Gasteiger charge is 2.28. The highest BCUT2D eigenvalue weighted by Crippen LogP contribution is 2.21. The number of nitrogens with two attached hydrogens (primary N) is 1. The molecular weight excluding hydrogens is 360 g/mol. The number of guanidine groups is 1. The van der Waals surface area contributed by atoms with Crippen molar-refractivity contribution < 1.29 is 4.79 Å². The largest absolute Gasteiger partial charge is 0.370 e. The first kappa shape index (κ1) is 20.9. The standard InChI is InChI=1S/C24H32N4O/c1-3-18(2)21-9-11-22(12-10-21)27-24(25)26-16-20-15-23(29)28(17-20)14-13-19-7-5-4-6-8-19/h4-12,18,20H,3,13-17H2,1-2H3,(H3,25,26,27). The van der Waals surface area contributed by atoms with Gasteiger partial charge < -0.3 is 16.0 Å². The maximum atomic E-state index is 12.3. The van der Waals surface area contributed by atoms with Gasteiger partial charge in [-0.15, -0.1) is 0 Å². The van der Waals surface area contributed by atoms with E-state index in [9.17, 15) is 4.79 Å². The molecule has 1 heterocycles. The Kier molecular flexibility index (Phi) is 7.28. The maximum absolute atomic E-state index is 12.3. The lowest BCUT2D eigenvalue weighted by molar-refractivity contribution is -0.127. The predicted molar refractivity (Wildman–Crippen MR) is 120 cm³/mol. The molecule has 2 atom stereocenters. The Morgan fingerprint density at radius 3 is 2.62 bits per heavy atom. The van der Waals surface area contributed by atoms with Crippen molar-refractivity contribution >= 4 is 17.6 Å². The number of hydrogen-bond donors (Lipinski definition) is 2. The van der Waals surface area contributed by atoms with Crippen molar-refractivity contribution in [1.29, 1.82) is 0 Å². The molecule has 2 aromatic carbocycles. The van der Waals surface area contributed by atoms with Crippen molar-refractivity contribution in [3.05, 3.63) is 65.7 Å². The second-order valence-electron chi connectivity index (χ2n) is 7.93. The smallest absolute Gasteiger partial charge is 0.223 e. The molecule has 0 radical (unpaired) electrons. The van der Waals surface area contributed by atoms with Crippen LogP contribution in [0.4, 0.5) is 5.69 Å². The summed E-state index contributed by atoms with van der Waals surface area (Å²) in [6, 6.07) is 18.6. The van der Waals surface area contributed by atoms with Crippen molar-refractivity contribution in [1.82, 2.24) is 4.90 Å². The van der Waals surface area contributed by atoms with Gasteiger partial charge in [0.05, 0.1) is 0 Å². The van der Waals surface area contributed by atoms with Crippen LogP contribution in [0, 0.1) is 5.92 Å². The van der Waals surface area contributed by atoms with E-state index in [2.05, 4.69) is 48.4 Å². The van der Waals surface area contributed by atoms with Crippen LogP contribution in [0.1, 0.15) is 43.7 Å². The Morgan fingerprint density at radius 1 is 1.21 bits per heavy atom. The fourth-order valence-electron chi connectivity index (χ4n) is 3.65. The third-order valence-electron chi connectivity index (χ3n) is 5.69. The van der Waals surface area contributed by atoms with Crippen LogP contribution in [0.5, 0.6) is 0 Å². The fourth-order valence-corrected chi connectivity index (χ4v) is 3.65. The molecule has 0 spiro atoms. The number of carbonyl (C=O) groups is 1. The number of amides is 1. The van der Waals surface area contributed by atoms with Crippen molar-refractivity contribution in [2.75, 3.05) is 25.0 Å². The number of rotatable bonds is 8. The van der Waals surface area contributed by atoms with Crippen LogP contribution in [-0.2, 0) is 11.2 Å². The zero-order valence-corrected chi connectivity index (χ0v) is 17.5. The Hall–Kier alpha value is -2.82. The van der Waals surface area contributed by atoms with E-state index >= 15 is 0 Å². The molecule has 0 bridgehead atoms. The number of likely N-dealkylation sites (tertiary alicyclic amines) is 1. The number of hydrogen-bond acceptors (Lipinski definition) is 2. The highest BCUT2D eigenvalue weighted by atomic mass is 16.2. The van der Waals surface area contributed by atoms with Gasteiger partial charge in [0, 0.05) is 37.7 Å². The van der Waals surface area contributed by atoms with E-state index < -0.39 is 0 Å². The average molecular weight is 393 g/mol. The van der Waals surface area contributed by atoms with Gasteiger partial charge in [0.15, 0.2) is 5.96 Å². The third kappa shape index (κ3) is 6.08. The van der Waals surface area contributed by atoms with Gasteiger partial charge in [-0.05, 0) is 42.0 Å². The van der Waals surface area contributed by atoms with E-state index in [0.717, 1.165) is 31.6 Å². The minimum Gasteiger partial charge on any atom is -0.370 e. The van der Waals surface area contributed by atoms with Gasteiger partial charge in [0.25, 0.3) is 0 Å². The average Bonchev–Trinajstić information content (AvgIpc) is 3.11. The van der Waals surface area contributed by atoms with Gasteiger partial charge >= 0.3 is 0 Å². The van der Waals surface area contributed by atoms with Crippen LogP contribution in [0.15, 0.2) is 59.6 Å². The summed E-state index contributed by atoms with van der Waals surface area (Å²) in [6.07, 6.45) is 2.56. The first-order valence-electron chi connectivity index (χ1n) is 10.5. The Bertz CT molecular complexity index is 817. The second kappa shape index (κ2) is 10.1. The minimum absolute atomic E-state index is 0.216. The summed E-state index contributed by atoms with van der Waals surface area (Å²) in [5.74, 6) is 1.40. The lowest BCUT2D eigenvalue weighted by Crippen LogP contribution is -2.28. The quantitative estimate of drug-likeness (QED) is 0.527. The monoisotopic (exact) mass is 392 g/mol. The maximum Gasteiger partial charge on any atom is 0.223 e. The van der Waals surface area contributed by atoms with E-state index in [1.54, 1.807) is 0 Å². The van der Waals surface area contributed by atoms with E-state index in [-0.39, 0.29) is 11.8 Å². The van der Waals surface area contributed by atoms with Gasteiger partial charge in [-0.2, -0.15) is 0 Å². The second-order valence-corrected chi connectivity index (χ2v) is 7.93. The van der Waals surface area contributed by atoms with E-state index in [4.69, 9.17) is 5.73 Å². The molecule has 5 heteroatoms. The summed E-state index contributed by atoms with van der Waals surface area (Å²) in [5.41, 5.74) is 9.57. The topological polar surface area (TPSA) is 70.7 Å². The summed E-state index contributed by atoms with van der Waals surface area (Å²) in [6.45, 7) is 6.51. The zero-order chi connectivity index (χ0) is 20.6. The Morgan fingerprint density at radius 2 is 1.93 bits per heavy atom. The molecule has 1 amide bonds. The normalized spacial score (nSPS) is 18.1. The molecule has 0 aliphatic carbocycles. The van der Waals surface area contributed by atoms with Crippen molar-refractivity contribution in [2.45, 2.75) is 39.0 Å². The molecule has 2 aromatic rings. The van der Waals surface area contributed by atoms with Crippen LogP contribution >= 0.6 is 0 Å². The number of nitrogens with one attached hydrogen (secondary N) is 1. The van der Waals surface area contributed by atoms with Crippen molar-refractivity contribution in [2.24, 2.45) is 16.6 Å². The zero-order valence-electron chi connectivity index (χ0n) is 17.5. The molecule has 1 saturated heterocycles. The molecule has 3 N–H and O–H groups in total. The van der Waals surface area contributed by atoms with Crippen molar-refractivity contribution in [3.8, 4) is 0 Å². The molecular formula is C24H32N4O. The van der Waals surface area contributed by atoms with Gasteiger partial charge in [-0.3, -0.25) is 9.79 Å². The molecule has 1 fully saturated rings. The summed E-state index contributed by atoms with van der Waals surface area (Å²) in [4.78, 5) is 18.7. The van der Waals surface area contributed by atoms with Gasteiger partial charge in [-0.25, -0.2) is 0 Å². The van der Waals surface area contributed by atoms with Crippen LogP contribution in [0.3, 0.4) is 0 Å². The summed E-state index contributed by atoms with van der Waals surface area (Å²) in [5, 5.41) is 3.15. The number of aliphatic imine (C=N–C) groups is 1. The number of anilines is 1. The van der Waals surface area contributed by atoms with Crippen LogP contribution in [-0.4, -0.2) is 36.4 Å². The van der Waals surface area contributed by atoms with Crippen molar-refractivity contribution in [3.63, 3.8) is 0 Å². The molecule has 1 aliphatic heterocycles. The molecule has 3 rings (SSSR count). The van der Waals surface area contributed by atoms with Gasteiger partial charge in [0.1, 0.15) is 0 Å². The molecule has 0 saturated carbocycles. The lowest BCUT2D eigenvalue weighted by Gasteiger charge is -2.16. The summed E-state index contributed by atoms with van der Waals surface area (Å²) < 4.78 is 0. The fraction of sp³-hybridized carbons (Fsp3) is 0.417. The van der Waals surface area contributed by atoms with Gasteiger partial charge in [-0.1, -0.05) is 56.3 Å².